The molecule has 0 saturated carbocycles. The van der Waals surface area contributed by atoms with Gasteiger partial charge in [-0.3, -0.25) is 9.78 Å². The van der Waals surface area contributed by atoms with Gasteiger partial charge < -0.3 is 0 Å². The lowest BCUT2D eigenvalue weighted by molar-refractivity contribution is 0.101. The van der Waals surface area contributed by atoms with Crippen LogP contribution in [0.4, 0.5) is 0 Å². The third-order valence-electron chi connectivity index (χ3n) is 1.26. The van der Waals surface area contributed by atoms with E-state index < -0.39 is 0 Å². The number of hydrogen-bond donors (Lipinski definition) is 1. The van der Waals surface area contributed by atoms with Crippen LogP contribution in [0.25, 0.3) is 0 Å². The Hall–Kier alpha value is -2.11. The Bertz CT molecular complexity index is 341. The van der Waals surface area contributed by atoms with E-state index in [2.05, 4.69) is 25.4 Å². The van der Waals surface area contributed by atoms with Gasteiger partial charge in [-0.15, -0.1) is 0 Å². The molecule has 6 nitrogen and oxygen atoms in total. The first-order chi connectivity index (χ1) is 6.80. The summed E-state index contributed by atoms with van der Waals surface area (Å²) in [7, 11) is 0. The van der Waals surface area contributed by atoms with E-state index in [0.29, 0.717) is 5.69 Å². The Labute approximate surface area is 80.4 Å². The molecule has 2 aromatic rings. The highest BCUT2D eigenvalue weighted by Crippen LogP contribution is 1.88. The Morgan fingerprint density at radius 2 is 1.93 bits per heavy atom. The number of rotatable bonds is 1. The fourth-order valence-corrected chi connectivity index (χ4v) is 0.648. The molecule has 0 aromatic carbocycles. The van der Waals surface area contributed by atoms with Crippen molar-refractivity contribution in [3.8, 4) is 0 Å². The van der Waals surface area contributed by atoms with E-state index in [1.807, 2.05) is 0 Å². The molecular weight excluding hydrogens is 182 g/mol. The largest absolute Gasteiger partial charge is 0.293 e. The van der Waals surface area contributed by atoms with Crippen LogP contribution in [0.1, 0.15) is 17.4 Å². The first kappa shape index (κ1) is 9.97. The molecule has 0 spiro atoms. The van der Waals surface area contributed by atoms with Gasteiger partial charge in [-0.25, -0.2) is 4.98 Å². The van der Waals surface area contributed by atoms with Gasteiger partial charge in [0.15, 0.2) is 5.78 Å². The maximum Gasteiger partial charge on any atom is 0.179 e. The summed E-state index contributed by atoms with van der Waals surface area (Å²) in [5, 5.41) is 9.33. The molecule has 0 aliphatic carbocycles. The van der Waals surface area contributed by atoms with E-state index in [-0.39, 0.29) is 5.78 Å². The molecule has 0 unspecified atom stereocenters. The van der Waals surface area contributed by atoms with Crippen molar-refractivity contribution in [3.05, 3.63) is 36.7 Å². The summed E-state index contributed by atoms with van der Waals surface area (Å²) in [6.45, 7) is 1.46. The third kappa shape index (κ3) is 3.53. The molecule has 0 amide bonds. The number of nitrogens with zero attached hydrogens (tertiary/aromatic N) is 4. The lowest BCUT2D eigenvalue weighted by Crippen LogP contribution is -1.95. The van der Waals surface area contributed by atoms with Crippen molar-refractivity contribution >= 4 is 5.78 Å². The van der Waals surface area contributed by atoms with Crippen LogP contribution in [0.15, 0.2) is 31.0 Å². The first-order valence-corrected chi connectivity index (χ1v) is 3.87. The number of carbonyl (C=O) groups is 1. The van der Waals surface area contributed by atoms with Crippen LogP contribution < -0.4 is 0 Å². The van der Waals surface area contributed by atoms with Crippen molar-refractivity contribution in [1.29, 1.82) is 0 Å². The molecule has 0 atom stereocenters. The molecule has 2 rings (SSSR count). The van der Waals surface area contributed by atoms with Crippen molar-refractivity contribution in [2.24, 2.45) is 0 Å². The quantitative estimate of drug-likeness (QED) is 0.663. The molecule has 0 bridgehead atoms. The maximum atomic E-state index is 10.5. The van der Waals surface area contributed by atoms with Crippen LogP contribution >= 0.6 is 0 Å². The summed E-state index contributed by atoms with van der Waals surface area (Å²) in [6, 6.07) is 0. The van der Waals surface area contributed by atoms with Gasteiger partial charge in [0.05, 0.1) is 18.6 Å². The zero-order valence-corrected chi connectivity index (χ0v) is 7.58. The monoisotopic (exact) mass is 191 g/mol. The standard InChI is InChI=1S/C6H6N2O.C2H3N3/c1-5(9)6-4-7-2-3-8-6;1-2-4-5-3-1/h2-4H,1H3;1-2H,(H,3,4,5). The smallest absolute Gasteiger partial charge is 0.179 e. The number of hydrogen-bond acceptors (Lipinski definition) is 5. The van der Waals surface area contributed by atoms with Crippen molar-refractivity contribution < 1.29 is 4.79 Å². The third-order valence-corrected chi connectivity index (χ3v) is 1.26. The number of ketones is 1. The second-order valence-corrected chi connectivity index (χ2v) is 2.30. The number of aromatic amines is 1. The minimum Gasteiger partial charge on any atom is -0.293 e. The Morgan fingerprint density at radius 1 is 1.21 bits per heavy atom. The fourth-order valence-electron chi connectivity index (χ4n) is 0.648. The molecule has 0 fully saturated rings. The zero-order valence-electron chi connectivity index (χ0n) is 7.58. The minimum atomic E-state index is -0.0527. The fraction of sp³-hybridized carbons (Fsp3) is 0.125. The molecule has 2 aromatic heterocycles. The average Bonchev–Trinajstić information content (AvgIpc) is 2.77. The van der Waals surface area contributed by atoms with Gasteiger partial charge in [-0.2, -0.15) is 15.4 Å². The minimum absolute atomic E-state index is 0.0527. The number of Topliss-reactive ketones (excluding diaryl/α,β-unsaturated/α-hetero) is 1. The van der Waals surface area contributed by atoms with E-state index >= 15 is 0 Å². The van der Waals surface area contributed by atoms with Gasteiger partial charge in [-0.05, 0) is 0 Å². The number of nitrogens with one attached hydrogen (secondary N) is 1. The molecule has 2 heterocycles. The van der Waals surface area contributed by atoms with Crippen LogP contribution in [0.5, 0.6) is 0 Å². The summed E-state index contributed by atoms with van der Waals surface area (Å²) < 4.78 is 0. The lowest BCUT2D eigenvalue weighted by atomic mass is 10.3. The summed E-state index contributed by atoms with van der Waals surface area (Å²) in [4.78, 5) is 18.0. The zero-order chi connectivity index (χ0) is 10.2. The van der Waals surface area contributed by atoms with Gasteiger partial charge >= 0.3 is 0 Å². The number of aromatic nitrogens is 5. The van der Waals surface area contributed by atoms with Crippen LogP contribution in [0.3, 0.4) is 0 Å². The topological polar surface area (TPSA) is 84.4 Å². The van der Waals surface area contributed by atoms with Gasteiger partial charge in [0.25, 0.3) is 0 Å². The van der Waals surface area contributed by atoms with Crippen molar-refractivity contribution in [2.45, 2.75) is 6.92 Å². The van der Waals surface area contributed by atoms with Crippen LogP contribution in [0, 0.1) is 0 Å². The summed E-state index contributed by atoms with van der Waals surface area (Å²) in [5.74, 6) is -0.0527. The molecule has 72 valence electrons. The summed E-state index contributed by atoms with van der Waals surface area (Å²) in [6.07, 6.45) is 7.64. The van der Waals surface area contributed by atoms with E-state index in [9.17, 15) is 4.79 Å². The van der Waals surface area contributed by atoms with E-state index in [0.717, 1.165) is 0 Å². The number of carbonyl (C=O) groups excluding carboxylic acids is 1. The summed E-state index contributed by atoms with van der Waals surface area (Å²) in [5.41, 5.74) is 0.414. The van der Waals surface area contributed by atoms with Gasteiger partial charge in [0.1, 0.15) is 5.69 Å². The predicted octanol–water partition coefficient (Wildman–Crippen LogP) is 0.484. The normalized spacial score (nSPS) is 8.64. The second kappa shape index (κ2) is 5.52. The molecule has 0 aliphatic heterocycles. The summed E-state index contributed by atoms with van der Waals surface area (Å²) >= 11 is 0. The molecule has 0 aliphatic rings. The van der Waals surface area contributed by atoms with Crippen LogP contribution in [-0.2, 0) is 0 Å². The molecule has 0 saturated heterocycles. The van der Waals surface area contributed by atoms with E-state index in [1.54, 1.807) is 12.4 Å². The second-order valence-electron chi connectivity index (χ2n) is 2.30. The molecular formula is C8H9N5O. The van der Waals surface area contributed by atoms with Gasteiger partial charge in [-0.1, -0.05) is 0 Å². The molecule has 14 heavy (non-hydrogen) atoms. The van der Waals surface area contributed by atoms with Crippen molar-refractivity contribution in [1.82, 2.24) is 25.4 Å². The average molecular weight is 191 g/mol. The Kier molecular flexibility index (Phi) is 3.93. The van der Waals surface area contributed by atoms with Crippen LogP contribution in [0.2, 0.25) is 0 Å². The molecule has 1 N–H and O–H groups in total. The van der Waals surface area contributed by atoms with Gasteiger partial charge in [0, 0.05) is 19.3 Å². The van der Waals surface area contributed by atoms with E-state index in [4.69, 9.17) is 0 Å². The molecule has 0 radical (unpaired) electrons. The SMILES string of the molecule is CC(=O)c1cnccn1.c1cn[nH]n1. The Morgan fingerprint density at radius 3 is 2.21 bits per heavy atom. The number of H-pyrrole nitrogens is 1. The maximum absolute atomic E-state index is 10.5. The highest BCUT2D eigenvalue weighted by molar-refractivity contribution is 5.91. The predicted molar refractivity (Wildman–Crippen MR) is 48.4 cm³/mol. The highest BCUT2D eigenvalue weighted by atomic mass is 16.1. The van der Waals surface area contributed by atoms with E-state index in [1.165, 1.54) is 25.5 Å². The Balaban J connectivity index is 0.000000165. The molecule has 6 heteroatoms. The van der Waals surface area contributed by atoms with Gasteiger partial charge in [0.2, 0.25) is 0 Å². The first-order valence-electron chi connectivity index (χ1n) is 3.87. The van der Waals surface area contributed by atoms with Crippen LogP contribution in [-0.4, -0.2) is 31.2 Å². The van der Waals surface area contributed by atoms with Crippen molar-refractivity contribution in [2.75, 3.05) is 0 Å². The highest BCUT2D eigenvalue weighted by Gasteiger charge is 1.96. The van der Waals surface area contributed by atoms with Crippen molar-refractivity contribution in [3.63, 3.8) is 0 Å². The lowest BCUT2D eigenvalue weighted by Gasteiger charge is -1.87.